The second kappa shape index (κ2) is 5.55. The SMILES string of the molecule is O=C(NCC1=CCNCC1)c1ccc(O)cc1O. The highest BCUT2D eigenvalue weighted by molar-refractivity contribution is 5.97. The summed E-state index contributed by atoms with van der Waals surface area (Å²) in [6.45, 7) is 2.24. The third kappa shape index (κ3) is 3.01. The molecule has 1 aromatic carbocycles. The van der Waals surface area contributed by atoms with Crippen molar-refractivity contribution in [1.82, 2.24) is 10.6 Å². The number of carbonyl (C=O) groups is 1. The average molecular weight is 248 g/mol. The largest absolute Gasteiger partial charge is 0.508 e. The predicted octanol–water partition coefficient (Wildman–Crippen LogP) is 0.747. The Hall–Kier alpha value is -2.01. The van der Waals surface area contributed by atoms with Gasteiger partial charge in [0.05, 0.1) is 5.56 Å². The van der Waals surface area contributed by atoms with E-state index in [0.717, 1.165) is 25.6 Å². The maximum Gasteiger partial charge on any atom is 0.255 e. The second-order valence-corrected chi connectivity index (χ2v) is 4.20. The molecule has 1 aliphatic rings. The fraction of sp³-hybridized carbons (Fsp3) is 0.308. The van der Waals surface area contributed by atoms with Crippen LogP contribution in [0.2, 0.25) is 0 Å². The molecule has 0 fully saturated rings. The second-order valence-electron chi connectivity index (χ2n) is 4.20. The molecule has 5 heteroatoms. The number of aromatic hydroxyl groups is 2. The third-order valence-electron chi connectivity index (χ3n) is 2.86. The van der Waals surface area contributed by atoms with Crippen LogP contribution in [0.15, 0.2) is 29.8 Å². The average Bonchev–Trinajstić information content (AvgIpc) is 2.37. The zero-order chi connectivity index (χ0) is 13.0. The minimum absolute atomic E-state index is 0.0647. The molecule has 4 N–H and O–H groups in total. The van der Waals surface area contributed by atoms with Gasteiger partial charge in [0.15, 0.2) is 0 Å². The molecular formula is C13H16N2O3. The zero-order valence-electron chi connectivity index (χ0n) is 9.94. The molecule has 18 heavy (non-hydrogen) atoms. The van der Waals surface area contributed by atoms with Crippen molar-refractivity contribution in [3.05, 3.63) is 35.4 Å². The van der Waals surface area contributed by atoms with Crippen molar-refractivity contribution in [3.8, 4) is 11.5 Å². The summed E-state index contributed by atoms with van der Waals surface area (Å²) >= 11 is 0. The van der Waals surface area contributed by atoms with Crippen LogP contribution in [0.25, 0.3) is 0 Å². The van der Waals surface area contributed by atoms with Crippen molar-refractivity contribution in [3.63, 3.8) is 0 Å². The lowest BCUT2D eigenvalue weighted by Crippen LogP contribution is -2.29. The standard InChI is InChI=1S/C13H16N2O3/c16-10-1-2-11(12(17)7-10)13(18)15-8-9-3-5-14-6-4-9/h1-3,7,14,16-17H,4-6,8H2,(H,15,18). The van der Waals surface area contributed by atoms with Gasteiger partial charge in [-0.25, -0.2) is 0 Å². The summed E-state index contributed by atoms with van der Waals surface area (Å²) in [6, 6.07) is 3.92. The number of phenols is 2. The maximum atomic E-state index is 11.8. The molecule has 1 heterocycles. The van der Waals surface area contributed by atoms with E-state index in [9.17, 15) is 9.90 Å². The Morgan fingerprint density at radius 2 is 2.22 bits per heavy atom. The Morgan fingerprint density at radius 3 is 2.89 bits per heavy atom. The van der Waals surface area contributed by atoms with Crippen molar-refractivity contribution >= 4 is 5.91 Å². The summed E-state index contributed by atoms with van der Waals surface area (Å²) in [7, 11) is 0. The summed E-state index contributed by atoms with van der Waals surface area (Å²) in [4.78, 5) is 11.8. The van der Waals surface area contributed by atoms with Gasteiger partial charge in [0, 0.05) is 19.2 Å². The first-order valence-electron chi connectivity index (χ1n) is 5.85. The van der Waals surface area contributed by atoms with Gasteiger partial charge in [-0.3, -0.25) is 4.79 Å². The summed E-state index contributed by atoms with van der Waals surface area (Å²) in [5, 5.41) is 24.6. The molecule has 0 aromatic heterocycles. The lowest BCUT2D eigenvalue weighted by Gasteiger charge is -2.14. The molecule has 0 radical (unpaired) electrons. The molecule has 1 aliphatic heterocycles. The lowest BCUT2D eigenvalue weighted by molar-refractivity contribution is 0.0954. The number of hydrogen-bond acceptors (Lipinski definition) is 4. The molecule has 0 bridgehead atoms. The van der Waals surface area contributed by atoms with Crippen molar-refractivity contribution < 1.29 is 15.0 Å². The van der Waals surface area contributed by atoms with Crippen LogP contribution < -0.4 is 10.6 Å². The van der Waals surface area contributed by atoms with Gasteiger partial charge in [0.25, 0.3) is 5.91 Å². The first-order valence-corrected chi connectivity index (χ1v) is 5.85. The number of phenolic OH excluding ortho intramolecular Hbond substituents is 2. The number of hydrogen-bond donors (Lipinski definition) is 4. The van der Waals surface area contributed by atoms with Gasteiger partial charge in [-0.2, -0.15) is 0 Å². The van der Waals surface area contributed by atoms with Crippen LogP contribution in [0.1, 0.15) is 16.8 Å². The van der Waals surface area contributed by atoms with Crippen molar-refractivity contribution in [2.75, 3.05) is 19.6 Å². The van der Waals surface area contributed by atoms with Gasteiger partial charge in [-0.05, 0) is 25.1 Å². The first-order chi connectivity index (χ1) is 8.66. The van der Waals surface area contributed by atoms with Gasteiger partial charge in [0.2, 0.25) is 0 Å². The van der Waals surface area contributed by atoms with Crippen LogP contribution in [-0.4, -0.2) is 35.8 Å². The minimum atomic E-state index is -0.341. The van der Waals surface area contributed by atoms with E-state index < -0.39 is 0 Å². The normalized spacial score (nSPS) is 15.0. The lowest BCUT2D eigenvalue weighted by atomic mass is 10.1. The Balaban J connectivity index is 1.97. The minimum Gasteiger partial charge on any atom is -0.508 e. The highest BCUT2D eigenvalue weighted by Crippen LogP contribution is 2.22. The monoisotopic (exact) mass is 248 g/mol. The molecule has 0 saturated carbocycles. The number of benzene rings is 1. The molecule has 0 unspecified atom stereocenters. The van der Waals surface area contributed by atoms with Crippen molar-refractivity contribution in [1.29, 1.82) is 0 Å². The molecule has 0 spiro atoms. The number of amides is 1. The Kier molecular flexibility index (Phi) is 3.84. The van der Waals surface area contributed by atoms with Crippen LogP contribution in [-0.2, 0) is 0 Å². The van der Waals surface area contributed by atoms with E-state index in [1.165, 1.54) is 17.7 Å². The Morgan fingerprint density at radius 1 is 1.39 bits per heavy atom. The first kappa shape index (κ1) is 12.4. The number of carbonyl (C=O) groups excluding carboxylic acids is 1. The van der Waals surface area contributed by atoms with E-state index in [1.807, 2.05) is 0 Å². The third-order valence-corrected chi connectivity index (χ3v) is 2.86. The van der Waals surface area contributed by atoms with E-state index in [0.29, 0.717) is 6.54 Å². The van der Waals surface area contributed by atoms with Gasteiger partial charge in [0.1, 0.15) is 11.5 Å². The van der Waals surface area contributed by atoms with Crippen molar-refractivity contribution in [2.24, 2.45) is 0 Å². The quantitative estimate of drug-likeness (QED) is 0.595. The molecule has 0 atom stereocenters. The van der Waals surface area contributed by atoms with Crippen LogP contribution in [0.5, 0.6) is 11.5 Å². The Bertz CT molecular complexity index is 483. The highest BCUT2D eigenvalue weighted by Gasteiger charge is 2.12. The molecule has 96 valence electrons. The van der Waals surface area contributed by atoms with E-state index in [1.54, 1.807) is 0 Å². The highest BCUT2D eigenvalue weighted by atomic mass is 16.3. The molecule has 1 amide bonds. The van der Waals surface area contributed by atoms with Crippen molar-refractivity contribution in [2.45, 2.75) is 6.42 Å². The molecule has 1 aromatic rings. The number of rotatable bonds is 3. The van der Waals surface area contributed by atoms with E-state index in [2.05, 4.69) is 16.7 Å². The van der Waals surface area contributed by atoms with E-state index in [-0.39, 0.29) is 23.0 Å². The smallest absolute Gasteiger partial charge is 0.255 e. The fourth-order valence-corrected chi connectivity index (χ4v) is 1.83. The summed E-state index contributed by atoms with van der Waals surface area (Å²) in [5.74, 6) is -0.621. The van der Waals surface area contributed by atoms with E-state index >= 15 is 0 Å². The topological polar surface area (TPSA) is 81.6 Å². The van der Waals surface area contributed by atoms with Gasteiger partial charge in [-0.1, -0.05) is 11.6 Å². The molecule has 5 nitrogen and oxygen atoms in total. The maximum absolute atomic E-state index is 11.8. The molecule has 2 rings (SSSR count). The number of nitrogens with one attached hydrogen (secondary N) is 2. The van der Waals surface area contributed by atoms with E-state index in [4.69, 9.17) is 5.11 Å². The predicted molar refractivity (Wildman–Crippen MR) is 67.7 cm³/mol. The fourth-order valence-electron chi connectivity index (χ4n) is 1.83. The summed E-state index contributed by atoms with van der Waals surface area (Å²) in [5.41, 5.74) is 1.35. The molecule has 0 saturated heterocycles. The Labute approximate surface area is 105 Å². The van der Waals surface area contributed by atoms with Crippen LogP contribution >= 0.6 is 0 Å². The summed E-state index contributed by atoms with van der Waals surface area (Å²) < 4.78 is 0. The van der Waals surface area contributed by atoms with Gasteiger partial charge >= 0.3 is 0 Å². The molecular weight excluding hydrogens is 232 g/mol. The zero-order valence-corrected chi connectivity index (χ0v) is 9.94. The van der Waals surface area contributed by atoms with Crippen LogP contribution in [0.4, 0.5) is 0 Å². The van der Waals surface area contributed by atoms with Crippen LogP contribution in [0, 0.1) is 0 Å². The van der Waals surface area contributed by atoms with Gasteiger partial charge in [-0.15, -0.1) is 0 Å². The van der Waals surface area contributed by atoms with Gasteiger partial charge < -0.3 is 20.8 Å². The summed E-state index contributed by atoms with van der Waals surface area (Å²) in [6.07, 6.45) is 2.97. The molecule has 0 aliphatic carbocycles. The van der Waals surface area contributed by atoms with Crippen LogP contribution in [0.3, 0.4) is 0 Å².